The lowest BCUT2D eigenvalue weighted by atomic mass is 10.3. The van der Waals surface area contributed by atoms with Gasteiger partial charge in [-0.2, -0.15) is 9.98 Å². The van der Waals surface area contributed by atoms with E-state index >= 15 is 0 Å². The highest BCUT2D eigenvalue weighted by atomic mass is 35.5. The number of anilines is 1. The van der Waals surface area contributed by atoms with Crippen LogP contribution in [0.25, 0.3) is 0 Å². The van der Waals surface area contributed by atoms with Gasteiger partial charge in [-0.05, 0) is 48.5 Å². The molecule has 168 valence electrons. The molecule has 0 aromatic heterocycles. The Morgan fingerprint density at radius 3 is 1.91 bits per heavy atom. The second-order valence-corrected chi connectivity index (χ2v) is 7.72. The van der Waals surface area contributed by atoms with Crippen molar-refractivity contribution in [3.05, 3.63) is 58.6 Å². The Bertz CT molecular complexity index is 1020. The zero-order chi connectivity index (χ0) is 23.1. The van der Waals surface area contributed by atoms with Crippen LogP contribution in [-0.4, -0.2) is 59.8 Å². The standard InChI is InChI=1S/C20H24Cl2N10/c21-13-1-5-15(6-2-13)27-18(25)29-20(32-11-9-31(10-12-32)17(23)24)30-19(26)28-16-7-3-14(22)4-8-16/h1-8H,9-12H2,(H3,23,24)(H5,25,26,27,28,29,30). The molecule has 0 spiro atoms. The second-order valence-electron chi connectivity index (χ2n) is 6.85. The SMILES string of the molecule is N=C(N)N1CCN(/C(N=C(N)Nc2ccc(Cl)cc2)=N/C(N)=Nc2ccc(Cl)cc2)CC1. The first-order chi connectivity index (χ1) is 15.3. The van der Waals surface area contributed by atoms with Gasteiger partial charge in [-0.25, -0.2) is 4.99 Å². The summed E-state index contributed by atoms with van der Waals surface area (Å²) in [7, 11) is 0. The van der Waals surface area contributed by atoms with E-state index in [9.17, 15) is 0 Å². The van der Waals surface area contributed by atoms with Crippen LogP contribution in [0.4, 0.5) is 11.4 Å². The van der Waals surface area contributed by atoms with E-state index in [0.717, 1.165) is 5.69 Å². The predicted molar refractivity (Wildman–Crippen MR) is 132 cm³/mol. The minimum absolute atomic E-state index is 0.0133. The number of rotatable bonds is 2. The number of nitrogens with zero attached hydrogens (tertiary/aromatic N) is 5. The molecular weight excluding hydrogens is 451 g/mol. The molecule has 0 bridgehead atoms. The molecule has 1 aliphatic rings. The Kier molecular flexibility index (Phi) is 7.74. The van der Waals surface area contributed by atoms with Crippen molar-refractivity contribution < 1.29 is 0 Å². The Morgan fingerprint density at radius 2 is 1.34 bits per heavy atom. The average Bonchev–Trinajstić information content (AvgIpc) is 2.76. The van der Waals surface area contributed by atoms with E-state index in [1.165, 1.54) is 0 Å². The van der Waals surface area contributed by atoms with Crippen molar-refractivity contribution >= 4 is 58.4 Å². The van der Waals surface area contributed by atoms with E-state index in [1.807, 2.05) is 4.90 Å². The van der Waals surface area contributed by atoms with Crippen molar-refractivity contribution in [3.8, 4) is 0 Å². The Hall–Kier alpha value is -3.50. The maximum atomic E-state index is 7.61. The first-order valence-electron chi connectivity index (χ1n) is 9.69. The van der Waals surface area contributed by atoms with Crippen LogP contribution in [0.3, 0.4) is 0 Å². The zero-order valence-electron chi connectivity index (χ0n) is 17.2. The number of halogens is 2. The van der Waals surface area contributed by atoms with Crippen LogP contribution in [0.2, 0.25) is 10.0 Å². The fourth-order valence-corrected chi connectivity index (χ4v) is 3.16. The quantitative estimate of drug-likeness (QED) is 0.331. The first-order valence-corrected chi connectivity index (χ1v) is 10.4. The summed E-state index contributed by atoms with van der Waals surface area (Å²) in [5, 5.41) is 11.8. The monoisotopic (exact) mass is 474 g/mol. The molecule has 1 heterocycles. The summed E-state index contributed by atoms with van der Waals surface area (Å²) in [6.07, 6.45) is 0. The molecule has 1 aliphatic heterocycles. The molecule has 0 radical (unpaired) electrons. The lowest BCUT2D eigenvalue weighted by Gasteiger charge is -2.35. The number of piperazine rings is 1. The molecule has 0 amide bonds. The summed E-state index contributed by atoms with van der Waals surface area (Å²) < 4.78 is 0. The zero-order valence-corrected chi connectivity index (χ0v) is 18.7. The molecular formula is C20H24Cl2N10. The number of hydrogen-bond acceptors (Lipinski definition) is 2. The number of nitrogens with one attached hydrogen (secondary N) is 2. The molecule has 0 aliphatic carbocycles. The number of guanidine groups is 4. The maximum Gasteiger partial charge on any atom is 0.232 e. The van der Waals surface area contributed by atoms with Crippen LogP contribution in [0.1, 0.15) is 0 Å². The van der Waals surface area contributed by atoms with E-state index < -0.39 is 0 Å². The Balaban J connectivity index is 1.84. The maximum absolute atomic E-state index is 7.61. The molecule has 2 aromatic rings. The van der Waals surface area contributed by atoms with Crippen molar-refractivity contribution in [2.75, 3.05) is 31.5 Å². The fourth-order valence-electron chi connectivity index (χ4n) is 2.91. The summed E-state index contributed by atoms with van der Waals surface area (Å²) in [6.45, 7) is 2.15. The second kappa shape index (κ2) is 10.7. The molecule has 0 atom stereocenters. The van der Waals surface area contributed by atoms with Crippen LogP contribution in [-0.2, 0) is 0 Å². The van der Waals surface area contributed by atoms with Crippen molar-refractivity contribution in [2.24, 2.45) is 32.2 Å². The van der Waals surface area contributed by atoms with Crippen molar-refractivity contribution in [2.45, 2.75) is 0 Å². The van der Waals surface area contributed by atoms with Gasteiger partial charge in [0.05, 0.1) is 5.69 Å². The van der Waals surface area contributed by atoms with E-state index in [-0.39, 0.29) is 17.9 Å². The van der Waals surface area contributed by atoms with Gasteiger partial charge in [0.1, 0.15) is 0 Å². The van der Waals surface area contributed by atoms with Gasteiger partial charge in [-0.1, -0.05) is 23.2 Å². The third kappa shape index (κ3) is 6.76. The molecule has 0 saturated carbocycles. The van der Waals surface area contributed by atoms with E-state index in [2.05, 4.69) is 20.3 Å². The summed E-state index contributed by atoms with van der Waals surface area (Å²) in [5.41, 5.74) is 19.1. The van der Waals surface area contributed by atoms with Gasteiger partial charge >= 0.3 is 0 Å². The molecule has 1 fully saturated rings. The summed E-state index contributed by atoms with van der Waals surface area (Å²) >= 11 is 11.8. The van der Waals surface area contributed by atoms with Crippen LogP contribution < -0.4 is 22.5 Å². The fraction of sp³-hybridized carbons (Fsp3) is 0.200. The topological polar surface area (TPSA) is 158 Å². The summed E-state index contributed by atoms with van der Waals surface area (Å²) in [4.78, 5) is 16.8. The van der Waals surface area contributed by atoms with Crippen LogP contribution in [0.15, 0.2) is 63.5 Å². The number of hydrogen-bond donors (Lipinski definition) is 5. The Labute approximate surface area is 195 Å². The predicted octanol–water partition coefficient (Wildman–Crippen LogP) is 2.23. The molecule has 10 nitrogen and oxygen atoms in total. The van der Waals surface area contributed by atoms with E-state index in [1.54, 1.807) is 53.4 Å². The summed E-state index contributed by atoms with van der Waals surface area (Å²) in [5.74, 6) is 0.459. The molecule has 12 heteroatoms. The molecule has 2 aromatic carbocycles. The highest BCUT2D eigenvalue weighted by Crippen LogP contribution is 2.16. The third-order valence-corrected chi connectivity index (χ3v) is 5.03. The van der Waals surface area contributed by atoms with Gasteiger partial charge in [0.25, 0.3) is 0 Å². The molecule has 8 N–H and O–H groups in total. The highest BCUT2D eigenvalue weighted by Gasteiger charge is 2.21. The lowest BCUT2D eigenvalue weighted by Crippen LogP contribution is -2.52. The summed E-state index contributed by atoms with van der Waals surface area (Å²) in [6, 6.07) is 13.9. The van der Waals surface area contributed by atoms with Crippen LogP contribution in [0, 0.1) is 5.41 Å². The van der Waals surface area contributed by atoms with E-state index in [4.69, 9.17) is 45.8 Å². The molecule has 32 heavy (non-hydrogen) atoms. The molecule has 3 rings (SSSR count). The normalized spacial score (nSPS) is 15.6. The lowest BCUT2D eigenvalue weighted by molar-refractivity contribution is 0.254. The van der Waals surface area contributed by atoms with Gasteiger partial charge in [0, 0.05) is 41.9 Å². The van der Waals surface area contributed by atoms with Gasteiger partial charge in [0.15, 0.2) is 5.96 Å². The van der Waals surface area contributed by atoms with Crippen molar-refractivity contribution in [1.82, 2.24) is 9.80 Å². The molecule has 0 unspecified atom stereocenters. The Morgan fingerprint density at radius 1 is 0.812 bits per heavy atom. The molecule has 1 saturated heterocycles. The number of benzene rings is 2. The van der Waals surface area contributed by atoms with Gasteiger partial charge in [-0.3, -0.25) is 5.41 Å². The van der Waals surface area contributed by atoms with Gasteiger partial charge in [0.2, 0.25) is 17.9 Å². The van der Waals surface area contributed by atoms with E-state index in [0.29, 0.717) is 47.9 Å². The third-order valence-electron chi connectivity index (χ3n) is 4.53. The minimum atomic E-state index is 0.0133. The van der Waals surface area contributed by atoms with Gasteiger partial charge in [-0.15, -0.1) is 0 Å². The number of aliphatic imine (C=N–C) groups is 3. The minimum Gasteiger partial charge on any atom is -0.370 e. The largest absolute Gasteiger partial charge is 0.370 e. The van der Waals surface area contributed by atoms with Crippen molar-refractivity contribution in [1.29, 1.82) is 5.41 Å². The smallest absolute Gasteiger partial charge is 0.232 e. The first kappa shape index (κ1) is 23.2. The average molecular weight is 475 g/mol. The van der Waals surface area contributed by atoms with Gasteiger partial charge < -0.3 is 32.3 Å². The number of nitrogens with two attached hydrogens (primary N) is 3. The van der Waals surface area contributed by atoms with Crippen LogP contribution in [0.5, 0.6) is 0 Å². The highest BCUT2D eigenvalue weighted by molar-refractivity contribution is 6.31. The van der Waals surface area contributed by atoms with Crippen molar-refractivity contribution in [3.63, 3.8) is 0 Å². The van der Waals surface area contributed by atoms with Crippen LogP contribution >= 0.6 is 23.2 Å².